The van der Waals surface area contributed by atoms with Crippen LogP contribution in [0.3, 0.4) is 0 Å². The first-order valence-corrected chi connectivity index (χ1v) is 15.7. The molecule has 1 fully saturated rings. The molecular weight excluding hydrogens is 534 g/mol. The Balaban J connectivity index is 1.77. The van der Waals surface area contributed by atoms with Crippen LogP contribution in [-0.2, 0) is 32.8 Å². The summed E-state index contributed by atoms with van der Waals surface area (Å²) in [6.07, 6.45) is 0.686. The van der Waals surface area contributed by atoms with E-state index in [1.165, 1.54) is 16.7 Å². The van der Waals surface area contributed by atoms with Gasteiger partial charge in [-0.15, -0.1) is 0 Å². The molecule has 5 rings (SSSR count). The highest BCUT2D eigenvalue weighted by atomic mass is 16.5. The van der Waals surface area contributed by atoms with E-state index >= 15 is 0 Å². The summed E-state index contributed by atoms with van der Waals surface area (Å²) in [5.74, 6) is 3.06. The average molecular weight is 586 g/mol. The monoisotopic (exact) mass is 585 g/mol. The third-order valence-electron chi connectivity index (χ3n) is 8.69. The fourth-order valence-corrected chi connectivity index (χ4v) is 5.88. The van der Waals surface area contributed by atoms with Gasteiger partial charge >= 0.3 is 0 Å². The highest BCUT2D eigenvalue weighted by Crippen LogP contribution is 2.48. The molecule has 0 radical (unpaired) electrons. The maximum Gasteiger partial charge on any atom is 0.228 e. The SMILES string of the molecule is CC(C)(C)c1cc(-c2nc3c(c(N4CCOCC4)n2)Cc2cc(C(C)(C)C)cc(C(C)(C)C)c2O3)c(O)c(C(C)(C)C)c1. The molecule has 0 atom stereocenters. The van der Waals surface area contributed by atoms with Crippen LogP contribution in [0.1, 0.15) is 116 Å². The molecule has 43 heavy (non-hydrogen) atoms. The molecule has 0 saturated carbocycles. The second kappa shape index (κ2) is 10.5. The van der Waals surface area contributed by atoms with Crippen molar-refractivity contribution in [1.29, 1.82) is 0 Å². The molecule has 0 spiro atoms. The molecule has 3 aromatic rings. The van der Waals surface area contributed by atoms with Crippen molar-refractivity contribution in [3.05, 3.63) is 57.6 Å². The first-order chi connectivity index (χ1) is 19.7. The van der Waals surface area contributed by atoms with Gasteiger partial charge < -0.3 is 19.5 Å². The molecular formula is C37H51N3O3. The summed E-state index contributed by atoms with van der Waals surface area (Å²) in [7, 11) is 0. The van der Waals surface area contributed by atoms with E-state index < -0.39 is 0 Å². The Morgan fingerprint density at radius 3 is 1.81 bits per heavy atom. The predicted molar refractivity (Wildman–Crippen MR) is 176 cm³/mol. The molecule has 232 valence electrons. The lowest BCUT2D eigenvalue weighted by Gasteiger charge is -2.34. The Morgan fingerprint density at radius 2 is 1.26 bits per heavy atom. The molecule has 6 heteroatoms. The van der Waals surface area contributed by atoms with Crippen molar-refractivity contribution in [3.8, 4) is 28.8 Å². The van der Waals surface area contributed by atoms with Gasteiger partial charge in [-0.1, -0.05) is 101 Å². The summed E-state index contributed by atoms with van der Waals surface area (Å²) in [4.78, 5) is 12.6. The second-order valence-electron chi connectivity index (χ2n) is 16.5. The van der Waals surface area contributed by atoms with Gasteiger partial charge in [-0.2, -0.15) is 4.98 Å². The van der Waals surface area contributed by atoms with E-state index in [0.29, 0.717) is 36.9 Å². The van der Waals surface area contributed by atoms with Crippen LogP contribution in [0.25, 0.3) is 11.4 Å². The Kier molecular flexibility index (Phi) is 7.65. The minimum absolute atomic E-state index is 0.00304. The van der Waals surface area contributed by atoms with Crippen LogP contribution in [0.5, 0.6) is 17.4 Å². The average Bonchev–Trinajstić information content (AvgIpc) is 2.89. The van der Waals surface area contributed by atoms with Crippen molar-refractivity contribution >= 4 is 5.82 Å². The Hall–Kier alpha value is -3.12. The highest BCUT2D eigenvalue weighted by molar-refractivity contribution is 5.72. The maximum atomic E-state index is 11.7. The van der Waals surface area contributed by atoms with Crippen LogP contribution >= 0.6 is 0 Å². The zero-order valence-electron chi connectivity index (χ0n) is 28.5. The normalized spacial score (nSPS) is 16.0. The topological polar surface area (TPSA) is 67.7 Å². The van der Waals surface area contributed by atoms with Crippen molar-refractivity contribution in [2.24, 2.45) is 0 Å². The summed E-state index contributed by atoms with van der Waals surface area (Å²) in [5, 5.41) is 11.7. The van der Waals surface area contributed by atoms with E-state index in [9.17, 15) is 5.11 Å². The molecule has 1 aromatic heterocycles. The summed E-state index contributed by atoms with van der Waals surface area (Å²) >= 11 is 0. The van der Waals surface area contributed by atoms with Gasteiger partial charge in [0.25, 0.3) is 0 Å². The number of phenolic OH excluding ortho intramolecular Hbond substituents is 1. The number of fused-ring (bicyclic) bond motifs is 2. The number of rotatable bonds is 2. The van der Waals surface area contributed by atoms with Gasteiger partial charge in [-0.05, 0) is 38.9 Å². The maximum absolute atomic E-state index is 11.7. The second-order valence-corrected chi connectivity index (χ2v) is 16.5. The van der Waals surface area contributed by atoms with Crippen molar-refractivity contribution in [3.63, 3.8) is 0 Å². The molecule has 0 unspecified atom stereocenters. The molecule has 2 aliphatic rings. The van der Waals surface area contributed by atoms with E-state index in [0.717, 1.165) is 41.3 Å². The zero-order valence-corrected chi connectivity index (χ0v) is 28.5. The van der Waals surface area contributed by atoms with Gasteiger partial charge in [0.15, 0.2) is 5.82 Å². The number of aromatic nitrogens is 2. The van der Waals surface area contributed by atoms with Crippen LogP contribution < -0.4 is 9.64 Å². The van der Waals surface area contributed by atoms with Crippen LogP contribution in [0.15, 0.2) is 24.3 Å². The van der Waals surface area contributed by atoms with Crippen molar-refractivity contribution in [1.82, 2.24) is 9.97 Å². The minimum atomic E-state index is -0.261. The van der Waals surface area contributed by atoms with E-state index in [4.69, 9.17) is 19.4 Å². The van der Waals surface area contributed by atoms with Crippen LogP contribution in [-0.4, -0.2) is 41.4 Å². The van der Waals surface area contributed by atoms with E-state index in [-0.39, 0.29) is 27.4 Å². The zero-order chi connectivity index (χ0) is 31.7. The summed E-state index contributed by atoms with van der Waals surface area (Å²) in [6.45, 7) is 29.3. The lowest BCUT2D eigenvalue weighted by Crippen LogP contribution is -2.38. The molecule has 0 aliphatic carbocycles. The first-order valence-electron chi connectivity index (χ1n) is 15.7. The number of anilines is 1. The van der Waals surface area contributed by atoms with E-state index in [1.54, 1.807) is 0 Å². The summed E-state index contributed by atoms with van der Waals surface area (Å²) in [5.41, 5.74) is 6.81. The number of nitrogens with zero attached hydrogens (tertiary/aromatic N) is 3. The van der Waals surface area contributed by atoms with Crippen molar-refractivity contribution in [2.45, 2.75) is 111 Å². The molecule has 0 bridgehead atoms. The smallest absolute Gasteiger partial charge is 0.228 e. The number of phenols is 1. The lowest BCUT2D eigenvalue weighted by molar-refractivity contribution is 0.122. The largest absolute Gasteiger partial charge is 0.507 e. The third kappa shape index (κ3) is 6.13. The third-order valence-corrected chi connectivity index (χ3v) is 8.69. The number of hydrogen-bond donors (Lipinski definition) is 1. The first kappa shape index (κ1) is 31.3. The number of aromatic hydroxyl groups is 1. The lowest BCUT2D eigenvalue weighted by atomic mass is 9.78. The fraction of sp³-hybridized carbons (Fsp3) is 0.568. The quantitative estimate of drug-likeness (QED) is 0.254. The number of ether oxygens (including phenoxy) is 2. The Morgan fingerprint density at radius 1 is 0.698 bits per heavy atom. The predicted octanol–water partition coefficient (Wildman–Crippen LogP) is 8.57. The van der Waals surface area contributed by atoms with Crippen LogP contribution in [0, 0.1) is 0 Å². The van der Waals surface area contributed by atoms with Crippen LogP contribution in [0.4, 0.5) is 5.82 Å². The molecule has 6 nitrogen and oxygen atoms in total. The Bertz CT molecular complexity index is 1540. The van der Waals surface area contributed by atoms with E-state index in [1.807, 2.05) is 0 Å². The molecule has 1 saturated heterocycles. The molecule has 0 amide bonds. The highest BCUT2D eigenvalue weighted by Gasteiger charge is 2.34. The number of morpholine rings is 1. The molecule has 1 N–H and O–H groups in total. The Labute approximate surface area is 258 Å². The number of hydrogen-bond acceptors (Lipinski definition) is 6. The van der Waals surface area contributed by atoms with Gasteiger partial charge in [-0.25, -0.2) is 4.98 Å². The van der Waals surface area contributed by atoms with Gasteiger partial charge in [0, 0.05) is 36.2 Å². The van der Waals surface area contributed by atoms with E-state index in [2.05, 4.69) is 112 Å². The fourth-order valence-electron chi connectivity index (χ4n) is 5.88. The summed E-state index contributed by atoms with van der Waals surface area (Å²) in [6, 6.07) is 8.81. The van der Waals surface area contributed by atoms with Crippen molar-refractivity contribution in [2.75, 3.05) is 31.2 Å². The van der Waals surface area contributed by atoms with Gasteiger partial charge in [0.1, 0.15) is 17.3 Å². The van der Waals surface area contributed by atoms with Crippen LogP contribution in [0.2, 0.25) is 0 Å². The van der Waals surface area contributed by atoms with Gasteiger partial charge in [-0.3, -0.25) is 0 Å². The standard InChI is InChI=1S/C37H51N3O3/c1-34(2,3)23-17-22-18-26-32(40-13-15-42-16-14-40)38-31(39-33(26)43-30(22)28(21-23)37(10,11)12)25-19-24(35(4,5)6)20-27(29(25)41)36(7,8)9/h17,19-21,41H,13-16,18H2,1-12H3. The molecule has 2 aliphatic heterocycles. The van der Waals surface area contributed by atoms with Gasteiger partial charge in [0.2, 0.25) is 5.88 Å². The molecule has 3 heterocycles. The van der Waals surface area contributed by atoms with Crippen molar-refractivity contribution < 1.29 is 14.6 Å². The van der Waals surface area contributed by atoms with Gasteiger partial charge in [0.05, 0.1) is 24.3 Å². The molecule has 2 aromatic carbocycles. The number of benzene rings is 2. The summed E-state index contributed by atoms with van der Waals surface area (Å²) < 4.78 is 12.6. The minimum Gasteiger partial charge on any atom is -0.507 e.